The first-order valence-corrected chi connectivity index (χ1v) is 7.77. The van der Waals surface area contributed by atoms with E-state index in [1.807, 2.05) is 16.8 Å². The van der Waals surface area contributed by atoms with Crippen molar-refractivity contribution in [2.24, 2.45) is 22.4 Å². The maximum absolute atomic E-state index is 11.7. The summed E-state index contributed by atoms with van der Waals surface area (Å²) in [6.07, 6.45) is 1.21. The lowest BCUT2D eigenvalue weighted by Gasteiger charge is -2.29. The smallest absolute Gasteiger partial charge is 0.451 e. The Hall–Kier alpha value is -1.36. The van der Waals surface area contributed by atoms with Crippen LogP contribution in [0.15, 0.2) is 4.99 Å². The first-order chi connectivity index (χ1) is 10.8. The standard InChI is InChI=1S/C13H28BN5O4/c1-17-12(18(2)7-6-15)19-8-10(4-3-5-14(22)23)13(16,9-19)11(20)21/h10,22-23H,3-9,15-16H2,1-2H3,(H,20,21)/b17-12+. The highest BCUT2D eigenvalue weighted by Crippen LogP contribution is 2.31. The Kier molecular flexibility index (Phi) is 7.26. The third-order valence-electron chi connectivity index (χ3n) is 4.32. The van der Waals surface area contributed by atoms with Crippen molar-refractivity contribution in [3.05, 3.63) is 0 Å². The maximum Gasteiger partial charge on any atom is 0.451 e. The van der Waals surface area contributed by atoms with Crippen LogP contribution in [-0.4, -0.2) is 89.8 Å². The largest absolute Gasteiger partial charge is 0.480 e. The van der Waals surface area contributed by atoms with E-state index in [0.29, 0.717) is 38.4 Å². The predicted molar refractivity (Wildman–Crippen MR) is 88.9 cm³/mol. The van der Waals surface area contributed by atoms with Gasteiger partial charge in [-0.25, -0.2) is 0 Å². The number of aliphatic imine (C=N–C) groups is 1. The Morgan fingerprint density at radius 3 is 2.65 bits per heavy atom. The molecule has 0 spiro atoms. The summed E-state index contributed by atoms with van der Waals surface area (Å²) < 4.78 is 0. The molecule has 0 aliphatic carbocycles. The minimum absolute atomic E-state index is 0.163. The molecule has 1 saturated heterocycles. The molecule has 0 aromatic heterocycles. The van der Waals surface area contributed by atoms with Crippen molar-refractivity contribution >= 4 is 19.0 Å². The Balaban J connectivity index is 2.85. The Morgan fingerprint density at radius 1 is 1.52 bits per heavy atom. The molecule has 0 aromatic rings. The molecule has 0 saturated carbocycles. The topological polar surface area (TPSA) is 149 Å². The number of carbonyl (C=O) groups is 1. The highest BCUT2D eigenvalue weighted by Gasteiger charge is 2.50. The number of hydrogen-bond acceptors (Lipinski definition) is 6. The Labute approximate surface area is 137 Å². The van der Waals surface area contributed by atoms with E-state index in [-0.39, 0.29) is 18.8 Å². The van der Waals surface area contributed by atoms with Gasteiger partial charge in [-0.3, -0.25) is 9.79 Å². The van der Waals surface area contributed by atoms with Crippen LogP contribution < -0.4 is 11.5 Å². The molecule has 1 heterocycles. The quantitative estimate of drug-likeness (QED) is 0.201. The molecule has 23 heavy (non-hydrogen) atoms. The number of nitrogens with zero attached hydrogens (tertiary/aromatic N) is 3. The number of carboxylic acids is 1. The summed E-state index contributed by atoms with van der Waals surface area (Å²) in [6, 6.07) is 0. The summed E-state index contributed by atoms with van der Waals surface area (Å²) in [4.78, 5) is 19.6. The van der Waals surface area contributed by atoms with Crippen LogP contribution in [0.25, 0.3) is 0 Å². The molecule has 7 N–H and O–H groups in total. The van der Waals surface area contributed by atoms with E-state index in [0.717, 1.165) is 0 Å². The first-order valence-electron chi connectivity index (χ1n) is 7.77. The van der Waals surface area contributed by atoms with Gasteiger partial charge in [-0.05, 0) is 12.7 Å². The van der Waals surface area contributed by atoms with Crippen molar-refractivity contribution in [1.82, 2.24) is 9.80 Å². The van der Waals surface area contributed by atoms with Gasteiger partial charge in [-0.1, -0.05) is 6.42 Å². The second kappa shape index (κ2) is 8.48. The maximum atomic E-state index is 11.7. The van der Waals surface area contributed by atoms with Gasteiger partial charge in [0.15, 0.2) is 5.96 Å². The van der Waals surface area contributed by atoms with Crippen LogP contribution in [0.3, 0.4) is 0 Å². The Bertz CT molecular complexity index is 437. The summed E-state index contributed by atoms with van der Waals surface area (Å²) in [5.74, 6) is -0.676. The minimum Gasteiger partial charge on any atom is -0.480 e. The fourth-order valence-corrected chi connectivity index (χ4v) is 3.08. The number of likely N-dealkylation sites (tertiary alicyclic amines) is 1. The van der Waals surface area contributed by atoms with E-state index in [2.05, 4.69) is 4.99 Å². The number of rotatable bonds is 7. The van der Waals surface area contributed by atoms with E-state index in [1.165, 1.54) is 0 Å². The monoisotopic (exact) mass is 329 g/mol. The van der Waals surface area contributed by atoms with Gasteiger partial charge < -0.3 is 36.4 Å². The molecule has 2 atom stereocenters. The van der Waals surface area contributed by atoms with Crippen molar-refractivity contribution in [1.29, 1.82) is 0 Å². The van der Waals surface area contributed by atoms with Gasteiger partial charge in [-0.15, -0.1) is 0 Å². The molecule has 1 aliphatic heterocycles. The van der Waals surface area contributed by atoms with Gasteiger partial charge >= 0.3 is 13.1 Å². The summed E-state index contributed by atoms with van der Waals surface area (Å²) in [5, 5.41) is 27.4. The molecule has 0 radical (unpaired) electrons. The summed E-state index contributed by atoms with van der Waals surface area (Å²) >= 11 is 0. The van der Waals surface area contributed by atoms with E-state index in [9.17, 15) is 9.90 Å². The molecule has 132 valence electrons. The Morgan fingerprint density at radius 2 is 2.17 bits per heavy atom. The second-order valence-corrected chi connectivity index (χ2v) is 6.07. The molecule has 1 rings (SSSR count). The lowest BCUT2D eigenvalue weighted by atomic mass is 9.78. The summed E-state index contributed by atoms with van der Waals surface area (Å²) in [6.45, 7) is 1.70. The predicted octanol–water partition coefficient (Wildman–Crippen LogP) is -2.17. The fraction of sp³-hybridized carbons (Fsp3) is 0.846. The average Bonchev–Trinajstić information content (AvgIpc) is 2.78. The third kappa shape index (κ3) is 4.81. The number of carboxylic acid groups (broad SMARTS) is 1. The highest BCUT2D eigenvalue weighted by atomic mass is 16.4. The van der Waals surface area contributed by atoms with Gasteiger partial charge in [0, 0.05) is 46.2 Å². The van der Waals surface area contributed by atoms with Crippen LogP contribution in [0.5, 0.6) is 0 Å². The summed E-state index contributed by atoms with van der Waals surface area (Å²) in [5.41, 5.74) is 10.3. The van der Waals surface area contributed by atoms with E-state index < -0.39 is 18.6 Å². The third-order valence-corrected chi connectivity index (χ3v) is 4.32. The number of hydrogen-bond donors (Lipinski definition) is 5. The van der Waals surface area contributed by atoms with Gasteiger partial charge in [0.2, 0.25) is 0 Å². The molecule has 0 bridgehead atoms. The van der Waals surface area contributed by atoms with Crippen molar-refractivity contribution in [2.75, 3.05) is 40.3 Å². The molecule has 0 aromatic carbocycles. The normalized spacial score (nSPS) is 24.9. The van der Waals surface area contributed by atoms with Crippen molar-refractivity contribution in [2.45, 2.75) is 24.7 Å². The molecule has 10 heteroatoms. The number of guanidine groups is 1. The number of aliphatic carboxylic acids is 1. The molecule has 1 aliphatic rings. The van der Waals surface area contributed by atoms with Crippen molar-refractivity contribution in [3.8, 4) is 0 Å². The van der Waals surface area contributed by atoms with Crippen LogP contribution >= 0.6 is 0 Å². The van der Waals surface area contributed by atoms with Crippen LogP contribution in [0.1, 0.15) is 12.8 Å². The molecular weight excluding hydrogens is 301 g/mol. The van der Waals surface area contributed by atoms with Gasteiger partial charge in [0.05, 0.1) is 0 Å². The first kappa shape index (κ1) is 19.7. The van der Waals surface area contributed by atoms with Gasteiger partial charge in [0.25, 0.3) is 0 Å². The van der Waals surface area contributed by atoms with Crippen molar-refractivity contribution < 1.29 is 19.9 Å². The van der Waals surface area contributed by atoms with Gasteiger partial charge in [-0.2, -0.15) is 0 Å². The van der Waals surface area contributed by atoms with E-state index >= 15 is 0 Å². The van der Waals surface area contributed by atoms with Gasteiger partial charge in [0.1, 0.15) is 5.54 Å². The zero-order valence-electron chi connectivity index (χ0n) is 13.9. The SMILES string of the molecule is C/N=C(\N(C)CCN)N1CC(CCCB(O)O)C(N)(C(=O)O)C1. The molecule has 2 unspecified atom stereocenters. The zero-order valence-corrected chi connectivity index (χ0v) is 13.9. The second-order valence-electron chi connectivity index (χ2n) is 6.07. The van der Waals surface area contributed by atoms with Crippen LogP contribution in [0.2, 0.25) is 6.32 Å². The van der Waals surface area contributed by atoms with Crippen LogP contribution in [0.4, 0.5) is 0 Å². The average molecular weight is 329 g/mol. The number of nitrogens with two attached hydrogens (primary N) is 2. The number of likely N-dealkylation sites (N-methyl/N-ethyl adjacent to an activating group) is 1. The van der Waals surface area contributed by atoms with E-state index in [1.54, 1.807) is 7.05 Å². The minimum atomic E-state index is -1.38. The van der Waals surface area contributed by atoms with Crippen LogP contribution in [0, 0.1) is 5.92 Å². The lowest BCUT2D eigenvalue weighted by Crippen LogP contribution is -2.55. The fourth-order valence-electron chi connectivity index (χ4n) is 3.08. The highest BCUT2D eigenvalue weighted by molar-refractivity contribution is 6.40. The molecule has 9 nitrogen and oxygen atoms in total. The lowest BCUT2D eigenvalue weighted by molar-refractivity contribution is -0.144. The molecule has 1 fully saturated rings. The molecule has 0 amide bonds. The van der Waals surface area contributed by atoms with Crippen LogP contribution in [-0.2, 0) is 4.79 Å². The van der Waals surface area contributed by atoms with E-state index in [4.69, 9.17) is 21.5 Å². The summed E-state index contributed by atoms with van der Waals surface area (Å²) in [7, 11) is 2.12. The van der Waals surface area contributed by atoms with Crippen molar-refractivity contribution in [3.63, 3.8) is 0 Å². The zero-order chi connectivity index (χ0) is 17.6. The molecular formula is C13H28BN5O4.